The van der Waals surface area contributed by atoms with Gasteiger partial charge in [0.1, 0.15) is 17.4 Å². The van der Waals surface area contributed by atoms with E-state index < -0.39 is 0 Å². The summed E-state index contributed by atoms with van der Waals surface area (Å²) in [7, 11) is 0. The van der Waals surface area contributed by atoms with E-state index in [0.717, 1.165) is 5.56 Å². The minimum atomic E-state index is -0.303. The third-order valence-electron chi connectivity index (χ3n) is 3.47. The van der Waals surface area contributed by atoms with Gasteiger partial charge in [0.05, 0.1) is 17.8 Å². The van der Waals surface area contributed by atoms with Crippen LogP contribution in [0.4, 0.5) is 5.82 Å². The first kappa shape index (κ1) is 17.2. The Morgan fingerprint density at radius 3 is 2.58 bits per heavy atom. The normalized spacial score (nSPS) is 12.1. The largest absolute Gasteiger partial charge is 0.512 e. The van der Waals surface area contributed by atoms with Gasteiger partial charge in [-0.15, -0.1) is 0 Å². The second kappa shape index (κ2) is 7.38. The third-order valence-corrected chi connectivity index (χ3v) is 3.47. The molecular formula is C18H18N4O2. The zero-order chi connectivity index (χ0) is 17.7. The molecule has 24 heavy (non-hydrogen) atoms. The molecule has 0 amide bonds. The maximum absolute atomic E-state index is 11.5. The molecule has 0 fully saturated rings. The lowest BCUT2D eigenvalue weighted by Crippen LogP contribution is -2.04. The predicted molar refractivity (Wildman–Crippen MR) is 91.4 cm³/mol. The zero-order valence-corrected chi connectivity index (χ0v) is 13.8. The summed E-state index contributed by atoms with van der Waals surface area (Å²) < 4.78 is 1.62. The van der Waals surface area contributed by atoms with Crippen molar-refractivity contribution in [2.45, 2.75) is 27.3 Å². The van der Waals surface area contributed by atoms with E-state index in [9.17, 15) is 15.2 Å². The van der Waals surface area contributed by atoms with E-state index in [2.05, 4.69) is 16.2 Å². The smallest absolute Gasteiger partial charge is 0.169 e. The van der Waals surface area contributed by atoms with Gasteiger partial charge in [0.2, 0.25) is 0 Å². The van der Waals surface area contributed by atoms with E-state index in [0.29, 0.717) is 23.6 Å². The molecule has 6 heteroatoms. The topological polar surface area (TPSA) is 91.3 Å². The quantitative estimate of drug-likeness (QED) is 0.519. The van der Waals surface area contributed by atoms with E-state index in [1.807, 2.05) is 30.3 Å². The van der Waals surface area contributed by atoms with Crippen LogP contribution in [0, 0.1) is 18.3 Å². The highest BCUT2D eigenvalue weighted by Gasteiger charge is 2.15. The Balaban J connectivity index is 2.47. The fourth-order valence-electron chi connectivity index (χ4n) is 2.26. The number of aliphatic hydroxyl groups excluding tert-OH is 1. The van der Waals surface area contributed by atoms with Crippen molar-refractivity contribution in [3.8, 4) is 6.07 Å². The summed E-state index contributed by atoms with van der Waals surface area (Å²) >= 11 is 0. The highest BCUT2D eigenvalue weighted by atomic mass is 16.3. The first-order valence-electron chi connectivity index (χ1n) is 7.40. The molecule has 0 atom stereocenters. The standard InChI is InChI=1S/C18H18N4O2/c1-12-16(9-19)18(20-10-17(13(2)23)14(3)24)22(21-12)11-15-7-5-4-6-8-15/h4-8,10,23H,11H2,1-3H3. The van der Waals surface area contributed by atoms with Crippen LogP contribution < -0.4 is 0 Å². The van der Waals surface area contributed by atoms with Crippen LogP contribution >= 0.6 is 0 Å². The molecule has 0 aliphatic heterocycles. The average Bonchev–Trinajstić information content (AvgIpc) is 2.82. The highest BCUT2D eigenvalue weighted by Crippen LogP contribution is 2.23. The summed E-state index contributed by atoms with van der Waals surface area (Å²) in [4.78, 5) is 15.8. The van der Waals surface area contributed by atoms with E-state index in [4.69, 9.17) is 0 Å². The number of ketones is 1. The van der Waals surface area contributed by atoms with Crippen LogP contribution in [-0.2, 0) is 11.3 Å². The lowest BCUT2D eigenvalue weighted by Gasteiger charge is -2.05. The van der Waals surface area contributed by atoms with Crippen LogP contribution in [0.2, 0.25) is 0 Å². The monoisotopic (exact) mass is 322 g/mol. The van der Waals surface area contributed by atoms with Crippen molar-refractivity contribution in [1.82, 2.24) is 9.78 Å². The fourth-order valence-corrected chi connectivity index (χ4v) is 2.26. The first-order valence-corrected chi connectivity index (χ1v) is 7.40. The summed E-state index contributed by atoms with van der Waals surface area (Å²) in [5.41, 5.74) is 2.03. The summed E-state index contributed by atoms with van der Waals surface area (Å²) in [6.07, 6.45) is 1.27. The van der Waals surface area contributed by atoms with E-state index >= 15 is 0 Å². The number of carbonyl (C=O) groups is 1. The number of Topliss-reactive ketones (excluding diaryl/α,β-unsaturated/α-hetero) is 1. The Labute approximate surface area is 140 Å². The van der Waals surface area contributed by atoms with Gasteiger partial charge in [0.15, 0.2) is 11.6 Å². The average molecular weight is 322 g/mol. The van der Waals surface area contributed by atoms with Crippen LogP contribution in [-0.4, -0.2) is 26.9 Å². The number of nitriles is 1. The van der Waals surface area contributed by atoms with Gasteiger partial charge in [0, 0.05) is 6.21 Å². The number of benzene rings is 1. The van der Waals surface area contributed by atoms with E-state index in [1.165, 1.54) is 20.1 Å². The summed E-state index contributed by atoms with van der Waals surface area (Å²) in [6, 6.07) is 11.8. The Kier molecular flexibility index (Phi) is 5.27. The van der Waals surface area contributed by atoms with Crippen LogP contribution in [0.3, 0.4) is 0 Å². The number of carbonyl (C=O) groups excluding carboxylic acids is 1. The number of hydrogen-bond acceptors (Lipinski definition) is 5. The van der Waals surface area contributed by atoms with Crippen molar-refractivity contribution in [1.29, 1.82) is 5.26 Å². The lowest BCUT2D eigenvalue weighted by molar-refractivity contribution is -0.113. The van der Waals surface area contributed by atoms with Crippen LogP contribution in [0.5, 0.6) is 0 Å². The SMILES string of the molecule is CC(=O)C(C=Nc1c(C#N)c(C)nn1Cc1ccccc1)=C(C)O. The van der Waals surface area contributed by atoms with E-state index in [1.54, 1.807) is 11.6 Å². The molecule has 1 heterocycles. The summed E-state index contributed by atoms with van der Waals surface area (Å²) in [6.45, 7) is 4.95. The minimum Gasteiger partial charge on any atom is -0.512 e. The third kappa shape index (κ3) is 3.76. The van der Waals surface area contributed by atoms with Crippen molar-refractivity contribution in [3.05, 3.63) is 58.5 Å². The number of aliphatic hydroxyl groups is 1. The molecule has 1 aromatic carbocycles. The van der Waals surface area contributed by atoms with Crippen molar-refractivity contribution < 1.29 is 9.90 Å². The molecule has 0 radical (unpaired) electrons. The van der Waals surface area contributed by atoms with Crippen LogP contribution in [0.15, 0.2) is 46.7 Å². The predicted octanol–water partition coefficient (Wildman–Crippen LogP) is 3.23. The molecule has 0 aliphatic rings. The Bertz CT molecular complexity index is 851. The number of rotatable bonds is 5. The fraction of sp³-hybridized carbons (Fsp3) is 0.222. The number of hydrogen-bond donors (Lipinski definition) is 1. The number of nitrogens with zero attached hydrogens (tertiary/aromatic N) is 4. The summed E-state index contributed by atoms with van der Waals surface area (Å²) in [5, 5.41) is 23.3. The molecule has 2 rings (SSSR count). The van der Waals surface area contributed by atoms with Gasteiger partial charge >= 0.3 is 0 Å². The van der Waals surface area contributed by atoms with Gasteiger partial charge in [-0.25, -0.2) is 9.67 Å². The molecule has 6 nitrogen and oxygen atoms in total. The van der Waals surface area contributed by atoms with E-state index in [-0.39, 0.29) is 17.1 Å². The Morgan fingerprint density at radius 1 is 1.38 bits per heavy atom. The molecule has 0 aliphatic carbocycles. The number of aliphatic imine (C=N–C) groups is 1. The Morgan fingerprint density at radius 2 is 2.04 bits per heavy atom. The maximum Gasteiger partial charge on any atom is 0.169 e. The molecule has 122 valence electrons. The van der Waals surface area contributed by atoms with Gasteiger partial charge in [0.25, 0.3) is 0 Å². The number of allylic oxidation sites excluding steroid dienone is 2. The number of aromatic nitrogens is 2. The first-order chi connectivity index (χ1) is 11.4. The molecule has 0 unspecified atom stereocenters. The van der Waals surface area contributed by atoms with Crippen molar-refractivity contribution in [2.75, 3.05) is 0 Å². The minimum absolute atomic E-state index is 0.101. The van der Waals surface area contributed by atoms with Gasteiger partial charge in [-0.05, 0) is 26.3 Å². The highest BCUT2D eigenvalue weighted by molar-refractivity contribution is 6.12. The lowest BCUT2D eigenvalue weighted by atomic mass is 10.2. The van der Waals surface area contributed by atoms with Gasteiger partial charge in [-0.2, -0.15) is 10.4 Å². The van der Waals surface area contributed by atoms with Crippen molar-refractivity contribution in [3.63, 3.8) is 0 Å². The van der Waals surface area contributed by atoms with Crippen LogP contribution in [0.1, 0.15) is 30.7 Å². The van der Waals surface area contributed by atoms with Crippen LogP contribution in [0.25, 0.3) is 0 Å². The molecule has 1 aromatic heterocycles. The van der Waals surface area contributed by atoms with Crippen molar-refractivity contribution >= 4 is 17.8 Å². The molecule has 2 aromatic rings. The molecular weight excluding hydrogens is 304 g/mol. The van der Waals surface area contributed by atoms with Gasteiger partial charge < -0.3 is 5.11 Å². The molecule has 0 saturated heterocycles. The summed E-state index contributed by atoms with van der Waals surface area (Å²) in [5.74, 6) is -0.0578. The molecule has 0 bridgehead atoms. The second-order valence-corrected chi connectivity index (χ2v) is 5.35. The number of aryl methyl sites for hydroxylation is 1. The van der Waals surface area contributed by atoms with Crippen molar-refractivity contribution in [2.24, 2.45) is 4.99 Å². The maximum atomic E-state index is 11.5. The Hall–Kier alpha value is -3.20. The molecule has 0 spiro atoms. The molecule has 0 saturated carbocycles. The molecule has 1 N–H and O–H groups in total. The van der Waals surface area contributed by atoms with Gasteiger partial charge in [-0.1, -0.05) is 30.3 Å². The zero-order valence-electron chi connectivity index (χ0n) is 13.8. The van der Waals surface area contributed by atoms with Gasteiger partial charge in [-0.3, -0.25) is 4.79 Å². The second-order valence-electron chi connectivity index (χ2n) is 5.35.